The van der Waals surface area contributed by atoms with Gasteiger partial charge in [-0.25, -0.2) is 0 Å². The SMILES string of the molecule is CCCC(C(=O)NC)N1Cc2c[c-]ccc2C1=O.[K+]. The monoisotopic (exact) mass is 284 g/mol. The van der Waals surface area contributed by atoms with Gasteiger partial charge in [-0.15, -0.1) is 5.56 Å². The molecule has 0 bridgehead atoms. The predicted molar refractivity (Wildman–Crippen MR) is 67.9 cm³/mol. The average molecular weight is 284 g/mol. The Morgan fingerprint density at radius 1 is 1.58 bits per heavy atom. The zero-order valence-electron chi connectivity index (χ0n) is 11.7. The van der Waals surface area contributed by atoms with Crippen molar-refractivity contribution in [1.82, 2.24) is 10.2 Å². The number of hydrogen-bond donors (Lipinski definition) is 1. The fourth-order valence-electron chi connectivity index (χ4n) is 2.33. The smallest absolute Gasteiger partial charge is 0.357 e. The van der Waals surface area contributed by atoms with Crippen LogP contribution in [0, 0.1) is 6.07 Å². The first-order chi connectivity index (χ1) is 8.69. The standard InChI is InChI=1S/C14H17N2O2.K/c1-3-6-12(13(17)15-2)16-9-10-7-4-5-8-11(10)14(16)18;/h5,7-8,12H,3,6,9H2,1-2H3,(H,15,17);/q-1;+1. The van der Waals surface area contributed by atoms with Gasteiger partial charge in [0, 0.05) is 13.6 Å². The molecule has 0 aromatic heterocycles. The van der Waals surface area contributed by atoms with Crippen molar-refractivity contribution in [3.63, 3.8) is 0 Å². The summed E-state index contributed by atoms with van der Waals surface area (Å²) in [4.78, 5) is 25.8. The Labute approximate surface area is 156 Å². The zero-order valence-corrected chi connectivity index (χ0v) is 14.8. The third-order valence-electron chi connectivity index (χ3n) is 3.27. The number of likely N-dealkylation sites (N-methyl/N-ethyl adjacent to an activating group) is 1. The number of carbonyl (C=O) groups excluding carboxylic acids is 2. The van der Waals surface area contributed by atoms with E-state index in [1.165, 1.54) is 0 Å². The molecular formula is C14H17KN2O2. The molecule has 2 amide bonds. The van der Waals surface area contributed by atoms with E-state index < -0.39 is 0 Å². The van der Waals surface area contributed by atoms with Crippen molar-refractivity contribution in [1.29, 1.82) is 0 Å². The largest absolute Gasteiger partial charge is 1.00 e. The van der Waals surface area contributed by atoms with Gasteiger partial charge in [0.05, 0.1) is 0 Å². The third-order valence-corrected chi connectivity index (χ3v) is 3.27. The predicted octanol–water partition coefficient (Wildman–Crippen LogP) is -1.64. The molecule has 0 fully saturated rings. The van der Waals surface area contributed by atoms with Crippen molar-refractivity contribution in [2.45, 2.75) is 32.4 Å². The first-order valence-electron chi connectivity index (χ1n) is 6.20. The molecule has 1 heterocycles. The van der Waals surface area contributed by atoms with E-state index in [9.17, 15) is 9.59 Å². The van der Waals surface area contributed by atoms with Crippen LogP contribution in [0.2, 0.25) is 0 Å². The van der Waals surface area contributed by atoms with Crippen LogP contribution in [0.3, 0.4) is 0 Å². The van der Waals surface area contributed by atoms with Crippen LogP contribution in [0.1, 0.15) is 35.7 Å². The van der Waals surface area contributed by atoms with Crippen molar-refractivity contribution < 1.29 is 61.0 Å². The molecule has 0 aliphatic carbocycles. The van der Waals surface area contributed by atoms with Crippen LogP contribution in [0.4, 0.5) is 0 Å². The number of carbonyl (C=O) groups is 2. The molecule has 96 valence electrons. The van der Waals surface area contributed by atoms with Gasteiger partial charge >= 0.3 is 51.4 Å². The Kier molecular flexibility index (Phi) is 6.69. The van der Waals surface area contributed by atoms with Gasteiger partial charge in [-0.1, -0.05) is 18.9 Å². The molecule has 1 aromatic carbocycles. The number of fused-ring (bicyclic) bond motifs is 1. The Balaban J connectivity index is 0.00000180. The Morgan fingerprint density at radius 3 is 2.89 bits per heavy atom. The van der Waals surface area contributed by atoms with Gasteiger partial charge in [0.25, 0.3) is 0 Å². The van der Waals surface area contributed by atoms with Gasteiger partial charge in [0.2, 0.25) is 11.8 Å². The molecule has 1 aromatic rings. The summed E-state index contributed by atoms with van der Waals surface area (Å²) in [6.45, 7) is 2.51. The second-order valence-electron chi connectivity index (χ2n) is 4.44. The summed E-state index contributed by atoms with van der Waals surface area (Å²) in [5.74, 6) is -0.150. The Bertz CT molecular complexity index is 476. The van der Waals surface area contributed by atoms with Gasteiger partial charge < -0.3 is 10.2 Å². The number of benzene rings is 1. The number of nitrogens with zero attached hydrogens (tertiary/aromatic N) is 1. The summed E-state index contributed by atoms with van der Waals surface area (Å²) in [6, 6.07) is 7.91. The van der Waals surface area contributed by atoms with E-state index in [0.717, 1.165) is 12.0 Å². The van der Waals surface area contributed by atoms with Crippen LogP contribution in [0.25, 0.3) is 0 Å². The zero-order chi connectivity index (χ0) is 13.1. The van der Waals surface area contributed by atoms with Gasteiger partial charge in [-0.2, -0.15) is 24.3 Å². The Hall–Kier alpha value is -0.204. The number of rotatable bonds is 4. The third kappa shape index (κ3) is 3.47. The molecule has 1 N–H and O–H groups in total. The van der Waals surface area contributed by atoms with E-state index in [2.05, 4.69) is 11.4 Å². The average Bonchev–Trinajstić information content (AvgIpc) is 2.73. The van der Waals surface area contributed by atoms with E-state index >= 15 is 0 Å². The Morgan fingerprint density at radius 2 is 2.32 bits per heavy atom. The van der Waals surface area contributed by atoms with Crippen molar-refractivity contribution in [3.05, 3.63) is 35.4 Å². The van der Waals surface area contributed by atoms with Crippen molar-refractivity contribution in [2.24, 2.45) is 0 Å². The van der Waals surface area contributed by atoms with Crippen LogP contribution in [0.5, 0.6) is 0 Å². The molecule has 0 spiro atoms. The molecule has 1 aliphatic rings. The first kappa shape index (κ1) is 16.8. The molecule has 1 aliphatic heterocycles. The van der Waals surface area contributed by atoms with Crippen LogP contribution in [0.15, 0.2) is 18.2 Å². The van der Waals surface area contributed by atoms with E-state index in [1.807, 2.05) is 13.0 Å². The maximum Gasteiger partial charge on any atom is 1.00 e. The second kappa shape index (κ2) is 7.54. The van der Waals surface area contributed by atoms with Crippen LogP contribution in [-0.2, 0) is 11.3 Å². The minimum Gasteiger partial charge on any atom is -0.357 e. The first-order valence-corrected chi connectivity index (χ1v) is 6.20. The molecular weight excluding hydrogens is 267 g/mol. The van der Waals surface area contributed by atoms with Crippen molar-refractivity contribution in [2.75, 3.05) is 7.05 Å². The van der Waals surface area contributed by atoms with Gasteiger partial charge in [-0.05, 0) is 6.42 Å². The van der Waals surface area contributed by atoms with E-state index in [0.29, 0.717) is 18.5 Å². The van der Waals surface area contributed by atoms with E-state index in [1.54, 1.807) is 24.1 Å². The molecule has 4 nitrogen and oxygen atoms in total. The topological polar surface area (TPSA) is 49.4 Å². The summed E-state index contributed by atoms with van der Waals surface area (Å²) in [5.41, 5.74) is 1.64. The maximum absolute atomic E-state index is 12.3. The van der Waals surface area contributed by atoms with E-state index in [-0.39, 0.29) is 69.2 Å². The molecule has 0 saturated carbocycles. The van der Waals surface area contributed by atoms with Crippen LogP contribution in [-0.4, -0.2) is 29.8 Å². The molecule has 19 heavy (non-hydrogen) atoms. The molecule has 0 radical (unpaired) electrons. The van der Waals surface area contributed by atoms with Gasteiger partial charge in [0.15, 0.2) is 0 Å². The molecule has 1 unspecified atom stereocenters. The van der Waals surface area contributed by atoms with E-state index in [4.69, 9.17) is 0 Å². The minimum atomic E-state index is -0.375. The molecule has 2 rings (SSSR count). The van der Waals surface area contributed by atoms with Crippen molar-refractivity contribution in [3.8, 4) is 0 Å². The number of hydrogen-bond acceptors (Lipinski definition) is 2. The van der Waals surface area contributed by atoms with Crippen LogP contribution < -0.4 is 56.7 Å². The minimum absolute atomic E-state index is 0. The summed E-state index contributed by atoms with van der Waals surface area (Å²) in [7, 11) is 1.60. The van der Waals surface area contributed by atoms with Crippen molar-refractivity contribution >= 4 is 11.8 Å². The van der Waals surface area contributed by atoms with Gasteiger partial charge in [-0.3, -0.25) is 9.59 Å². The summed E-state index contributed by atoms with van der Waals surface area (Å²) >= 11 is 0. The molecule has 5 heteroatoms. The normalized spacial score (nSPS) is 14.6. The summed E-state index contributed by atoms with van der Waals surface area (Å²) < 4.78 is 0. The fourth-order valence-corrected chi connectivity index (χ4v) is 2.33. The maximum atomic E-state index is 12.3. The fraction of sp³-hybridized carbons (Fsp3) is 0.429. The molecule has 0 saturated heterocycles. The number of amides is 2. The number of nitrogens with one attached hydrogen (secondary N) is 1. The van der Waals surface area contributed by atoms with Crippen LogP contribution >= 0.6 is 0 Å². The summed E-state index contributed by atoms with van der Waals surface area (Å²) in [6.07, 6.45) is 1.55. The quantitative estimate of drug-likeness (QED) is 0.533. The second-order valence-corrected chi connectivity index (χ2v) is 4.44. The summed E-state index contributed by atoms with van der Waals surface area (Å²) in [5, 5.41) is 2.63. The molecule has 1 atom stereocenters. The van der Waals surface area contributed by atoms with Gasteiger partial charge in [0.1, 0.15) is 6.04 Å².